The summed E-state index contributed by atoms with van der Waals surface area (Å²) in [6.45, 7) is 7.97. The molecule has 2 atom stereocenters. The second-order valence-electron chi connectivity index (χ2n) is 3.86. The van der Waals surface area contributed by atoms with Crippen molar-refractivity contribution in [3.05, 3.63) is 0 Å². The molecule has 1 N–H and O–H groups in total. The molecule has 1 rings (SSSR count). The molecule has 0 radical (unpaired) electrons. The summed E-state index contributed by atoms with van der Waals surface area (Å²) in [6, 6.07) is 2.08. The number of nitrogens with one attached hydrogen (secondary N) is 1. The topological polar surface area (TPSA) is 15.3 Å². The van der Waals surface area contributed by atoms with Crippen LogP contribution >= 0.6 is 0 Å². The van der Waals surface area contributed by atoms with Crippen LogP contribution in [0.15, 0.2) is 0 Å². The molecule has 1 saturated heterocycles. The summed E-state index contributed by atoms with van der Waals surface area (Å²) >= 11 is 0. The molecule has 0 aromatic carbocycles. The van der Waals surface area contributed by atoms with E-state index in [1.54, 1.807) is 0 Å². The molecule has 0 aliphatic carbocycles. The van der Waals surface area contributed by atoms with Crippen LogP contribution in [-0.4, -0.2) is 36.6 Å². The Balaban J connectivity index is 2.45. The standard InChI is InChI=1S/C9H20N2/c1-7(2)11(4)9-5-6-10-8(9)3/h7-10H,5-6H2,1-4H3/t8-,9-/m0/s1. The first-order chi connectivity index (χ1) is 5.13. The Hall–Kier alpha value is -0.0800. The number of hydrogen-bond donors (Lipinski definition) is 1. The molecule has 1 fully saturated rings. The van der Waals surface area contributed by atoms with Crippen molar-refractivity contribution in [2.24, 2.45) is 0 Å². The zero-order valence-corrected chi connectivity index (χ0v) is 8.09. The number of nitrogens with zero attached hydrogens (tertiary/aromatic N) is 1. The summed E-state index contributed by atoms with van der Waals surface area (Å²) in [5.41, 5.74) is 0. The van der Waals surface area contributed by atoms with Crippen LogP contribution in [0, 0.1) is 0 Å². The van der Waals surface area contributed by atoms with Crippen LogP contribution in [0.2, 0.25) is 0 Å². The molecule has 0 spiro atoms. The Bertz CT molecular complexity index is 123. The van der Waals surface area contributed by atoms with Gasteiger partial charge in [-0.25, -0.2) is 0 Å². The second kappa shape index (κ2) is 3.55. The largest absolute Gasteiger partial charge is 0.313 e. The third-order valence-electron chi connectivity index (χ3n) is 2.82. The van der Waals surface area contributed by atoms with Gasteiger partial charge in [0.1, 0.15) is 0 Å². The Morgan fingerprint density at radius 3 is 2.45 bits per heavy atom. The molecule has 0 aromatic rings. The van der Waals surface area contributed by atoms with E-state index < -0.39 is 0 Å². The fourth-order valence-electron chi connectivity index (χ4n) is 1.78. The van der Waals surface area contributed by atoms with Crippen molar-refractivity contribution in [1.29, 1.82) is 0 Å². The molecule has 11 heavy (non-hydrogen) atoms. The van der Waals surface area contributed by atoms with Crippen LogP contribution in [0.25, 0.3) is 0 Å². The van der Waals surface area contributed by atoms with Gasteiger partial charge in [-0.2, -0.15) is 0 Å². The highest BCUT2D eigenvalue weighted by molar-refractivity contribution is 4.87. The maximum Gasteiger partial charge on any atom is 0.0258 e. The van der Waals surface area contributed by atoms with Gasteiger partial charge < -0.3 is 5.32 Å². The van der Waals surface area contributed by atoms with Gasteiger partial charge in [0, 0.05) is 18.1 Å². The summed E-state index contributed by atoms with van der Waals surface area (Å²) in [7, 11) is 2.22. The normalized spacial score (nSPS) is 32.2. The molecule has 0 bridgehead atoms. The number of rotatable bonds is 2. The Morgan fingerprint density at radius 2 is 2.09 bits per heavy atom. The quantitative estimate of drug-likeness (QED) is 0.643. The first-order valence-corrected chi connectivity index (χ1v) is 4.58. The molecule has 0 amide bonds. The minimum absolute atomic E-state index is 0.669. The molecule has 0 aromatic heterocycles. The average Bonchev–Trinajstić information content (AvgIpc) is 2.33. The van der Waals surface area contributed by atoms with Crippen LogP contribution in [0.1, 0.15) is 27.2 Å². The molecular formula is C9H20N2. The minimum Gasteiger partial charge on any atom is -0.313 e. The van der Waals surface area contributed by atoms with Crippen LogP contribution in [0.5, 0.6) is 0 Å². The smallest absolute Gasteiger partial charge is 0.0258 e. The lowest BCUT2D eigenvalue weighted by Crippen LogP contribution is -2.43. The van der Waals surface area contributed by atoms with Gasteiger partial charge in [0.15, 0.2) is 0 Å². The first kappa shape index (κ1) is 9.01. The zero-order chi connectivity index (χ0) is 8.43. The van der Waals surface area contributed by atoms with Gasteiger partial charge in [-0.15, -0.1) is 0 Å². The summed E-state index contributed by atoms with van der Waals surface area (Å²) in [6.07, 6.45) is 1.30. The molecule has 1 aliphatic heterocycles. The van der Waals surface area contributed by atoms with Crippen LogP contribution < -0.4 is 5.32 Å². The molecular weight excluding hydrogens is 136 g/mol. The maximum absolute atomic E-state index is 3.46. The summed E-state index contributed by atoms with van der Waals surface area (Å²) < 4.78 is 0. The van der Waals surface area contributed by atoms with Gasteiger partial charge >= 0.3 is 0 Å². The highest BCUT2D eigenvalue weighted by Gasteiger charge is 2.27. The van der Waals surface area contributed by atoms with Gasteiger partial charge in [-0.05, 0) is 40.8 Å². The summed E-state index contributed by atoms with van der Waals surface area (Å²) in [5, 5.41) is 3.46. The van der Waals surface area contributed by atoms with Crippen molar-refractivity contribution < 1.29 is 0 Å². The predicted molar refractivity (Wildman–Crippen MR) is 48.8 cm³/mol. The lowest BCUT2D eigenvalue weighted by molar-refractivity contribution is 0.185. The average molecular weight is 156 g/mol. The lowest BCUT2D eigenvalue weighted by Gasteiger charge is -2.30. The van der Waals surface area contributed by atoms with E-state index in [1.165, 1.54) is 13.0 Å². The molecule has 0 unspecified atom stereocenters. The van der Waals surface area contributed by atoms with Gasteiger partial charge in [0.25, 0.3) is 0 Å². The van der Waals surface area contributed by atoms with Gasteiger partial charge in [-0.3, -0.25) is 4.90 Å². The molecule has 2 nitrogen and oxygen atoms in total. The summed E-state index contributed by atoms with van der Waals surface area (Å²) in [4.78, 5) is 2.46. The number of hydrogen-bond acceptors (Lipinski definition) is 2. The van der Waals surface area contributed by atoms with Gasteiger partial charge in [0.05, 0.1) is 0 Å². The summed E-state index contributed by atoms with van der Waals surface area (Å²) in [5.74, 6) is 0. The monoisotopic (exact) mass is 156 g/mol. The minimum atomic E-state index is 0.669. The van der Waals surface area contributed by atoms with Crippen LogP contribution in [-0.2, 0) is 0 Å². The molecule has 1 heterocycles. The van der Waals surface area contributed by atoms with E-state index in [4.69, 9.17) is 0 Å². The number of likely N-dealkylation sites (N-methyl/N-ethyl adjacent to an activating group) is 1. The van der Waals surface area contributed by atoms with E-state index in [2.05, 4.69) is 38.0 Å². The van der Waals surface area contributed by atoms with Crippen molar-refractivity contribution in [2.75, 3.05) is 13.6 Å². The molecule has 0 saturated carbocycles. The maximum atomic E-state index is 3.46. The predicted octanol–water partition coefficient (Wildman–Crippen LogP) is 1.08. The molecule has 66 valence electrons. The van der Waals surface area contributed by atoms with Gasteiger partial charge in [-0.1, -0.05) is 0 Å². The van der Waals surface area contributed by atoms with Crippen LogP contribution in [0.4, 0.5) is 0 Å². The first-order valence-electron chi connectivity index (χ1n) is 4.58. The highest BCUT2D eigenvalue weighted by atomic mass is 15.2. The SMILES string of the molecule is CC(C)N(C)[C@H]1CCN[C@H]1C. The van der Waals surface area contributed by atoms with Crippen molar-refractivity contribution in [1.82, 2.24) is 10.2 Å². The Kier molecular flexibility index (Phi) is 2.90. The third-order valence-corrected chi connectivity index (χ3v) is 2.82. The van der Waals surface area contributed by atoms with E-state index in [1.807, 2.05) is 0 Å². The van der Waals surface area contributed by atoms with Crippen LogP contribution in [0.3, 0.4) is 0 Å². The van der Waals surface area contributed by atoms with Crippen molar-refractivity contribution >= 4 is 0 Å². The van der Waals surface area contributed by atoms with Gasteiger partial charge in [0.2, 0.25) is 0 Å². The van der Waals surface area contributed by atoms with E-state index in [-0.39, 0.29) is 0 Å². The Morgan fingerprint density at radius 1 is 1.45 bits per heavy atom. The Labute approximate surface area is 70.0 Å². The lowest BCUT2D eigenvalue weighted by atomic mass is 10.1. The highest BCUT2D eigenvalue weighted by Crippen LogP contribution is 2.14. The van der Waals surface area contributed by atoms with Crippen molar-refractivity contribution in [3.63, 3.8) is 0 Å². The van der Waals surface area contributed by atoms with E-state index in [9.17, 15) is 0 Å². The second-order valence-corrected chi connectivity index (χ2v) is 3.86. The van der Waals surface area contributed by atoms with Crippen molar-refractivity contribution in [2.45, 2.75) is 45.3 Å². The molecule has 1 aliphatic rings. The van der Waals surface area contributed by atoms with E-state index in [0.29, 0.717) is 12.1 Å². The van der Waals surface area contributed by atoms with E-state index in [0.717, 1.165) is 6.04 Å². The fraction of sp³-hybridized carbons (Fsp3) is 1.00. The third kappa shape index (κ3) is 1.94. The molecule has 2 heteroatoms. The fourth-order valence-corrected chi connectivity index (χ4v) is 1.78. The van der Waals surface area contributed by atoms with E-state index >= 15 is 0 Å². The zero-order valence-electron chi connectivity index (χ0n) is 8.09. The van der Waals surface area contributed by atoms with Crippen molar-refractivity contribution in [3.8, 4) is 0 Å².